The van der Waals surface area contributed by atoms with E-state index in [1.165, 1.54) is 0 Å². The van der Waals surface area contributed by atoms with Crippen molar-refractivity contribution in [3.05, 3.63) is 64.7 Å². The molecule has 3 nitrogen and oxygen atoms in total. The van der Waals surface area contributed by atoms with E-state index in [2.05, 4.69) is 0 Å². The lowest BCUT2D eigenvalue weighted by molar-refractivity contribution is 0.0831. The summed E-state index contributed by atoms with van der Waals surface area (Å²) in [5.74, 6) is -0.139. The number of carbonyl (C=O) groups excluding carboxylic acids is 1. The fourth-order valence-electron chi connectivity index (χ4n) is 2.24. The predicted octanol–water partition coefficient (Wildman–Crippen LogP) is 4.27. The molecule has 0 saturated heterocycles. The predicted molar refractivity (Wildman–Crippen MR) is 89.2 cm³/mol. The van der Waals surface area contributed by atoms with Crippen LogP contribution < -0.4 is 5.30 Å². The molecule has 0 spiro atoms. The van der Waals surface area contributed by atoms with Gasteiger partial charge in [-0.05, 0) is 61.1 Å². The van der Waals surface area contributed by atoms with Crippen LogP contribution in [0.15, 0.2) is 42.5 Å². The lowest BCUT2D eigenvalue weighted by Crippen LogP contribution is -2.21. The van der Waals surface area contributed by atoms with Crippen molar-refractivity contribution < 1.29 is 13.9 Å². The molecule has 0 amide bonds. The van der Waals surface area contributed by atoms with Crippen LogP contribution in [-0.4, -0.2) is 11.9 Å². The number of aryl methyl sites for hydroxylation is 1. The van der Waals surface area contributed by atoms with Crippen LogP contribution in [0.3, 0.4) is 0 Å². The summed E-state index contributed by atoms with van der Waals surface area (Å²) in [6, 6.07) is 12.7. The van der Waals surface area contributed by atoms with Crippen LogP contribution in [0.5, 0.6) is 0 Å². The Morgan fingerprint density at radius 1 is 1.00 bits per heavy atom. The highest BCUT2D eigenvalue weighted by molar-refractivity contribution is 7.48. The molecule has 2 aromatic carbocycles. The van der Waals surface area contributed by atoms with Gasteiger partial charge in [0.1, 0.15) is 0 Å². The largest absolute Gasteiger partial charge is 0.549 e. The zero-order valence-corrected chi connectivity index (χ0v) is 14.2. The lowest BCUT2D eigenvalue weighted by atomic mass is 9.95. The minimum atomic E-state index is -2.03. The Labute approximate surface area is 132 Å². The van der Waals surface area contributed by atoms with E-state index in [4.69, 9.17) is 4.52 Å². The fourth-order valence-corrected chi connectivity index (χ4v) is 3.16. The van der Waals surface area contributed by atoms with Gasteiger partial charge in [0.15, 0.2) is 11.9 Å². The van der Waals surface area contributed by atoms with Gasteiger partial charge in [0, 0.05) is 5.56 Å². The van der Waals surface area contributed by atoms with Gasteiger partial charge < -0.3 is 0 Å². The van der Waals surface area contributed by atoms with Gasteiger partial charge in [-0.15, -0.1) is 4.52 Å². The van der Waals surface area contributed by atoms with Crippen molar-refractivity contribution in [3.8, 4) is 0 Å². The quantitative estimate of drug-likeness (QED) is 0.611. The van der Waals surface area contributed by atoms with E-state index in [9.17, 15) is 9.36 Å². The molecule has 22 heavy (non-hydrogen) atoms. The number of hydrogen-bond acceptors (Lipinski definition) is 3. The maximum Gasteiger partial charge on any atom is 0.549 e. The van der Waals surface area contributed by atoms with Crippen molar-refractivity contribution in [2.24, 2.45) is 0 Å². The Balaban J connectivity index is 2.16. The fraction of sp³-hybridized carbons (Fsp3) is 0.278. The molecule has 2 aromatic rings. The second kappa shape index (κ2) is 6.95. The maximum atomic E-state index is 12.5. The molecular weight excluding hydrogens is 295 g/mol. The molecule has 2 rings (SSSR count). The van der Waals surface area contributed by atoms with Crippen molar-refractivity contribution in [1.82, 2.24) is 0 Å². The lowest BCUT2D eigenvalue weighted by Gasteiger charge is -2.11. The van der Waals surface area contributed by atoms with E-state index in [0.717, 1.165) is 16.7 Å². The SMILES string of the molecule is Cc1ccc(C(=O)C(C)O[P+](=O)c2ccccc2)c(C)c1C. The first kappa shape index (κ1) is 16.5. The highest BCUT2D eigenvalue weighted by Gasteiger charge is 2.30. The van der Waals surface area contributed by atoms with E-state index in [0.29, 0.717) is 10.9 Å². The van der Waals surface area contributed by atoms with Crippen LogP contribution in [0.1, 0.15) is 34.0 Å². The first-order valence-electron chi connectivity index (χ1n) is 7.22. The van der Waals surface area contributed by atoms with Crippen LogP contribution in [0.2, 0.25) is 0 Å². The highest BCUT2D eigenvalue weighted by atomic mass is 31.1. The second-order valence-corrected chi connectivity index (χ2v) is 6.63. The van der Waals surface area contributed by atoms with Gasteiger partial charge in [-0.2, -0.15) is 0 Å². The smallest absolute Gasteiger partial charge is 0.291 e. The molecule has 2 unspecified atom stereocenters. The molecule has 0 aliphatic carbocycles. The van der Waals surface area contributed by atoms with Crippen molar-refractivity contribution in [1.29, 1.82) is 0 Å². The zero-order chi connectivity index (χ0) is 16.3. The Morgan fingerprint density at radius 3 is 2.27 bits per heavy atom. The molecule has 0 N–H and O–H groups in total. The monoisotopic (exact) mass is 315 g/mol. The molecule has 0 bridgehead atoms. The topological polar surface area (TPSA) is 43.4 Å². The van der Waals surface area contributed by atoms with Crippen molar-refractivity contribution in [3.63, 3.8) is 0 Å². The van der Waals surface area contributed by atoms with Gasteiger partial charge >= 0.3 is 8.03 Å². The highest BCUT2D eigenvalue weighted by Crippen LogP contribution is 2.26. The van der Waals surface area contributed by atoms with Gasteiger partial charge in [0.2, 0.25) is 5.30 Å². The molecule has 114 valence electrons. The van der Waals surface area contributed by atoms with Gasteiger partial charge in [0.05, 0.1) is 0 Å². The van der Waals surface area contributed by atoms with Gasteiger partial charge in [0.25, 0.3) is 0 Å². The molecular formula is C18H20O3P+. The summed E-state index contributed by atoms with van der Waals surface area (Å²) in [6.07, 6.45) is -0.746. The minimum Gasteiger partial charge on any atom is -0.291 e. The van der Waals surface area contributed by atoms with Crippen LogP contribution in [-0.2, 0) is 9.09 Å². The summed E-state index contributed by atoms with van der Waals surface area (Å²) in [7, 11) is -2.03. The number of benzene rings is 2. The summed E-state index contributed by atoms with van der Waals surface area (Å²) in [5.41, 5.74) is 3.84. The van der Waals surface area contributed by atoms with E-state index < -0.39 is 14.1 Å². The van der Waals surface area contributed by atoms with Crippen molar-refractivity contribution in [2.75, 3.05) is 0 Å². The molecule has 0 heterocycles. The van der Waals surface area contributed by atoms with Gasteiger partial charge in [-0.1, -0.05) is 30.3 Å². The van der Waals surface area contributed by atoms with Crippen LogP contribution in [0.25, 0.3) is 0 Å². The molecule has 2 atom stereocenters. The molecule has 0 saturated carbocycles. The third kappa shape index (κ3) is 3.49. The van der Waals surface area contributed by atoms with Crippen LogP contribution in [0.4, 0.5) is 0 Å². The third-order valence-electron chi connectivity index (χ3n) is 3.91. The summed E-state index contributed by atoms with van der Waals surface area (Å²) < 4.78 is 17.6. The second-order valence-electron chi connectivity index (χ2n) is 5.38. The standard InChI is InChI=1S/C18H20O3P/c1-12-10-11-17(14(3)13(12)2)18(19)15(4)21-22(20)16-8-6-5-7-9-16/h5-11,15H,1-4H3/q+1. The van der Waals surface area contributed by atoms with Gasteiger partial charge in [-0.25, -0.2) is 0 Å². The van der Waals surface area contributed by atoms with Crippen molar-refractivity contribution in [2.45, 2.75) is 33.8 Å². The average molecular weight is 315 g/mol. The Hall–Kier alpha value is -1.83. The summed E-state index contributed by atoms with van der Waals surface area (Å²) >= 11 is 0. The molecule has 0 aromatic heterocycles. The zero-order valence-electron chi connectivity index (χ0n) is 13.3. The normalized spacial score (nSPS) is 12.8. The summed E-state index contributed by atoms with van der Waals surface area (Å²) in [5, 5.41) is 0.592. The first-order chi connectivity index (χ1) is 10.4. The van der Waals surface area contributed by atoms with E-state index in [1.807, 2.05) is 39.0 Å². The van der Waals surface area contributed by atoms with E-state index in [1.54, 1.807) is 31.2 Å². The Kier molecular flexibility index (Phi) is 5.23. The number of Topliss-reactive ketones (excluding diaryl/α,β-unsaturated/α-hetero) is 1. The minimum absolute atomic E-state index is 0.139. The number of rotatable bonds is 5. The maximum absolute atomic E-state index is 12.5. The molecule has 0 fully saturated rings. The number of ketones is 1. The van der Waals surface area contributed by atoms with Crippen LogP contribution >= 0.6 is 8.03 Å². The Morgan fingerprint density at radius 2 is 1.64 bits per heavy atom. The number of hydrogen-bond donors (Lipinski definition) is 0. The van der Waals surface area contributed by atoms with Crippen molar-refractivity contribution >= 4 is 19.1 Å². The third-order valence-corrected chi connectivity index (χ3v) is 5.14. The van der Waals surface area contributed by atoms with Crippen LogP contribution in [0, 0.1) is 20.8 Å². The van der Waals surface area contributed by atoms with Gasteiger partial charge in [-0.3, -0.25) is 4.79 Å². The molecule has 0 radical (unpaired) electrons. The van der Waals surface area contributed by atoms with E-state index >= 15 is 0 Å². The summed E-state index contributed by atoms with van der Waals surface area (Å²) in [4.78, 5) is 12.5. The molecule has 0 aliphatic rings. The summed E-state index contributed by atoms with van der Waals surface area (Å²) in [6.45, 7) is 7.59. The number of carbonyl (C=O) groups is 1. The van der Waals surface area contributed by atoms with E-state index in [-0.39, 0.29) is 5.78 Å². The molecule has 0 aliphatic heterocycles. The Bertz CT molecular complexity index is 708. The average Bonchev–Trinajstić information content (AvgIpc) is 2.53. The first-order valence-corrected chi connectivity index (χ1v) is 8.39. The molecule has 4 heteroatoms.